The molecule has 0 saturated carbocycles. The van der Waals surface area contributed by atoms with Crippen LogP contribution in [0.2, 0.25) is 0 Å². The second-order valence-electron chi connectivity index (χ2n) is 10.5. The van der Waals surface area contributed by atoms with E-state index in [2.05, 4.69) is 13.8 Å². The Kier molecular flexibility index (Phi) is 25.3. The van der Waals surface area contributed by atoms with Gasteiger partial charge in [-0.2, -0.15) is 0 Å². The highest BCUT2D eigenvalue weighted by molar-refractivity contribution is 5.66. The first-order valence-corrected chi connectivity index (χ1v) is 14.3. The monoisotopic (exact) mass is 438 g/mol. The van der Waals surface area contributed by atoms with Gasteiger partial charge in [-0.25, -0.2) is 0 Å². The maximum atomic E-state index is 10.4. The zero-order valence-corrected chi connectivity index (χ0v) is 21.6. The van der Waals surface area contributed by atoms with Gasteiger partial charge < -0.3 is 5.11 Å². The molecule has 1 N–H and O–H groups in total. The predicted molar refractivity (Wildman–Crippen MR) is 138 cm³/mol. The van der Waals surface area contributed by atoms with Crippen molar-refractivity contribution in [2.45, 2.75) is 174 Å². The molecular weight excluding hydrogens is 380 g/mol. The molecular formula is C29H58O2. The van der Waals surface area contributed by atoms with E-state index >= 15 is 0 Å². The van der Waals surface area contributed by atoms with E-state index in [0.717, 1.165) is 18.8 Å². The smallest absolute Gasteiger partial charge is 0.303 e. The minimum Gasteiger partial charge on any atom is -0.481 e. The van der Waals surface area contributed by atoms with E-state index in [1.165, 1.54) is 141 Å². The second-order valence-corrected chi connectivity index (χ2v) is 10.5. The molecule has 0 saturated heterocycles. The molecule has 0 atom stereocenters. The van der Waals surface area contributed by atoms with Crippen LogP contribution < -0.4 is 0 Å². The largest absolute Gasteiger partial charge is 0.481 e. The van der Waals surface area contributed by atoms with Gasteiger partial charge >= 0.3 is 5.97 Å². The van der Waals surface area contributed by atoms with E-state index in [0.29, 0.717) is 6.42 Å². The van der Waals surface area contributed by atoms with Crippen LogP contribution >= 0.6 is 0 Å². The lowest BCUT2D eigenvalue weighted by molar-refractivity contribution is -0.137. The van der Waals surface area contributed by atoms with Crippen molar-refractivity contribution < 1.29 is 9.90 Å². The number of carbonyl (C=O) groups is 1. The fourth-order valence-electron chi connectivity index (χ4n) is 4.54. The van der Waals surface area contributed by atoms with Crippen molar-refractivity contribution in [3.05, 3.63) is 0 Å². The number of carboxylic acid groups (broad SMARTS) is 1. The molecule has 0 fully saturated rings. The Balaban J connectivity index is 3.01. The third kappa shape index (κ3) is 29.5. The van der Waals surface area contributed by atoms with Gasteiger partial charge in [-0.1, -0.05) is 162 Å². The lowest BCUT2D eigenvalue weighted by atomic mass is 10.0. The summed E-state index contributed by atoms with van der Waals surface area (Å²) in [5.41, 5.74) is 0. The molecule has 0 unspecified atom stereocenters. The van der Waals surface area contributed by atoms with E-state index in [9.17, 15) is 4.79 Å². The molecule has 0 bridgehead atoms. The standard InChI is InChI=1S/C29H58O2/c1-28(2)26-24-22-20-18-16-14-12-10-8-6-4-3-5-7-9-11-13-15-17-19-21-23-25-27-29(30)31/h28H,3-27H2,1-2H3,(H,30,31). The average Bonchev–Trinajstić information content (AvgIpc) is 2.73. The zero-order chi connectivity index (χ0) is 22.8. The van der Waals surface area contributed by atoms with Crippen LogP contribution in [0.15, 0.2) is 0 Å². The van der Waals surface area contributed by atoms with Gasteiger partial charge in [0.05, 0.1) is 0 Å². The molecule has 0 heterocycles. The summed E-state index contributed by atoms with van der Waals surface area (Å²) in [7, 11) is 0. The van der Waals surface area contributed by atoms with Crippen LogP contribution in [-0.2, 0) is 4.79 Å². The fourth-order valence-corrected chi connectivity index (χ4v) is 4.54. The molecule has 0 aliphatic carbocycles. The van der Waals surface area contributed by atoms with Gasteiger partial charge in [0.1, 0.15) is 0 Å². The predicted octanol–water partition coefficient (Wildman–Crippen LogP) is 10.5. The summed E-state index contributed by atoms with van der Waals surface area (Å²) >= 11 is 0. The van der Waals surface area contributed by atoms with Crippen molar-refractivity contribution in [3.63, 3.8) is 0 Å². The summed E-state index contributed by atoms with van der Waals surface area (Å²) in [6.45, 7) is 4.67. The van der Waals surface area contributed by atoms with Crippen molar-refractivity contribution in [1.29, 1.82) is 0 Å². The minimum absolute atomic E-state index is 0.346. The van der Waals surface area contributed by atoms with Crippen molar-refractivity contribution in [2.24, 2.45) is 5.92 Å². The second kappa shape index (κ2) is 25.7. The molecule has 0 aromatic rings. The summed E-state index contributed by atoms with van der Waals surface area (Å²) < 4.78 is 0. The van der Waals surface area contributed by atoms with Crippen LogP contribution in [0, 0.1) is 5.92 Å². The van der Waals surface area contributed by atoms with Crippen molar-refractivity contribution in [3.8, 4) is 0 Å². The molecule has 0 rings (SSSR count). The molecule has 186 valence electrons. The maximum Gasteiger partial charge on any atom is 0.303 e. The van der Waals surface area contributed by atoms with Crippen LogP contribution in [0.1, 0.15) is 174 Å². The van der Waals surface area contributed by atoms with Crippen LogP contribution in [0.4, 0.5) is 0 Å². The summed E-state index contributed by atoms with van der Waals surface area (Å²) in [5, 5.41) is 8.60. The van der Waals surface area contributed by atoms with Crippen molar-refractivity contribution in [1.82, 2.24) is 0 Å². The average molecular weight is 439 g/mol. The number of carboxylic acids is 1. The Labute approximate surface area is 196 Å². The number of hydrogen-bond donors (Lipinski definition) is 1. The van der Waals surface area contributed by atoms with E-state index in [1.807, 2.05) is 0 Å². The van der Waals surface area contributed by atoms with Crippen LogP contribution in [-0.4, -0.2) is 11.1 Å². The third-order valence-electron chi connectivity index (χ3n) is 6.67. The minimum atomic E-state index is -0.649. The summed E-state index contributed by atoms with van der Waals surface area (Å²) in [6, 6.07) is 0. The molecule has 0 aliphatic rings. The summed E-state index contributed by atoms with van der Waals surface area (Å²) in [6.07, 6.45) is 33.6. The van der Waals surface area contributed by atoms with E-state index in [4.69, 9.17) is 5.11 Å². The topological polar surface area (TPSA) is 37.3 Å². The molecule has 31 heavy (non-hydrogen) atoms. The lowest BCUT2D eigenvalue weighted by Crippen LogP contribution is -1.93. The van der Waals surface area contributed by atoms with E-state index in [-0.39, 0.29) is 0 Å². The molecule has 0 spiro atoms. The molecule has 2 heteroatoms. The normalized spacial score (nSPS) is 11.5. The fraction of sp³-hybridized carbons (Fsp3) is 0.966. The van der Waals surface area contributed by atoms with Crippen molar-refractivity contribution >= 4 is 5.97 Å². The van der Waals surface area contributed by atoms with Gasteiger partial charge in [-0.15, -0.1) is 0 Å². The molecule has 0 aromatic heterocycles. The number of rotatable bonds is 26. The van der Waals surface area contributed by atoms with Gasteiger partial charge in [0, 0.05) is 6.42 Å². The molecule has 0 radical (unpaired) electrons. The van der Waals surface area contributed by atoms with Gasteiger partial charge in [0.15, 0.2) is 0 Å². The van der Waals surface area contributed by atoms with E-state index < -0.39 is 5.97 Å². The number of hydrogen-bond acceptors (Lipinski definition) is 1. The first-order chi connectivity index (χ1) is 15.1. The molecule has 0 amide bonds. The zero-order valence-electron chi connectivity index (χ0n) is 21.6. The lowest BCUT2D eigenvalue weighted by Gasteiger charge is -2.05. The first kappa shape index (κ1) is 30.5. The van der Waals surface area contributed by atoms with Gasteiger partial charge in [0.2, 0.25) is 0 Å². The van der Waals surface area contributed by atoms with E-state index in [1.54, 1.807) is 0 Å². The SMILES string of the molecule is CC(C)CCCCCCCCCCCCCCCCCCCCCCCCCC(=O)O. The maximum absolute atomic E-state index is 10.4. The van der Waals surface area contributed by atoms with Crippen molar-refractivity contribution in [2.75, 3.05) is 0 Å². The molecule has 0 aliphatic heterocycles. The Morgan fingerprint density at radius 1 is 0.452 bits per heavy atom. The van der Waals surface area contributed by atoms with Crippen LogP contribution in [0.25, 0.3) is 0 Å². The van der Waals surface area contributed by atoms with Gasteiger partial charge in [-0.05, 0) is 12.3 Å². The number of unbranched alkanes of at least 4 members (excludes halogenated alkanes) is 22. The number of aliphatic carboxylic acids is 1. The Morgan fingerprint density at radius 3 is 0.903 bits per heavy atom. The summed E-state index contributed by atoms with van der Waals surface area (Å²) in [5.74, 6) is 0.236. The first-order valence-electron chi connectivity index (χ1n) is 14.3. The molecule has 2 nitrogen and oxygen atoms in total. The van der Waals surface area contributed by atoms with Crippen LogP contribution in [0.3, 0.4) is 0 Å². The molecule has 0 aromatic carbocycles. The summed E-state index contributed by atoms with van der Waals surface area (Å²) in [4.78, 5) is 10.4. The highest BCUT2D eigenvalue weighted by Crippen LogP contribution is 2.16. The Bertz CT molecular complexity index is 351. The quantitative estimate of drug-likeness (QED) is 0.136. The van der Waals surface area contributed by atoms with Gasteiger partial charge in [-0.3, -0.25) is 4.79 Å². The third-order valence-corrected chi connectivity index (χ3v) is 6.67. The highest BCUT2D eigenvalue weighted by Gasteiger charge is 1.98. The highest BCUT2D eigenvalue weighted by atomic mass is 16.4. The van der Waals surface area contributed by atoms with Crippen LogP contribution in [0.5, 0.6) is 0 Å². The van der Waals surface area contributed by atoms with Gasteiger partial charge in [0.25, 0.3) is 0 Å². The Hall–Kier alpha value is -0.530. The Morgan fingerprint density at radius 2 is 0.677 bits per heavy atom.